The van der Waals surface area contributed by atoms with Gasteiger partial charge < -0.3 is 4.98 Å². The highest BCUT2D eigenvalue weighted by atomic mass is 16.1. The monoisotopic (exact) mass is 151 g/mol. The molecule has 0 unspecified atom stereocenters. The zero-order chi connectivity index (χ0) is 8.43. The van der Waals surface area contributed by atoms with Gasteiger partial charge in [-0.3, -0.25) is 4.79 Å². The van der Waals surface area contributed by atoms with Crippen LogP contribution in [0.1, 0.15) is 34.2 Å². The lowest BCUT2D eigenvalue weighted by Gasteiger charge is -1.91. The summed E-state index contributed by atoms with van der Waals surface area (Å²) in [6.07, 6.45) is 1.84. The second kappa shape index (κ2) is 2.91. The molecular weight excluding hydrogens is 138 g/mol. The van der Waals surface area contributed by atoms with Gasteiger partial charge in [-0.1, -0.05) is 6.92 Å². The number of H-pyrrole nitrogens is 1. The number of rotatable bonds is 2. The van der Waals surface area contributed by atoms with E-state index in [4.69, 9.17) is 0 Å². The summed E-state index contributed by atoms with van der Waals surface area (Å²) in [7, 11) is 0. The predicted octanol–water partition coefficient (Wildman–Crippen LogP) is 2.01. The van der Waals surface area contributed by atoms with Gasteiger partial charge in [-0.2, -0.15) is 0 Å². The molecule has 0 aromatic carbocycles. The van der Waals surface area contributed by atoms with E-state index in [1.807, 2.05) is 13.8 Å². The van der Waals surface area contributed by atoms with Gasteiger partial charge >= 0.3 is 0 Å². The third kappa shape index (κ3) is 1.20. The van der Waals surface area contributed by atoms with Crippen molar-refractivity contribution in [1.82, 2.24) is 4.98 Å². The number of hydrogen-bond donors (Lipinski definition) is 1. The quantitative estimate of drug-likeness (QED) is 0.644. The lowest BCUT2D eigenvalue weighted by molar-refractivity contribution is 0.111. The summed E-state index contributed by atoms with van der Waals surface area (Å²) in [6, 6.07) is 0. The topological polar surface area (TPSA) is 32.9 Å². The van der Waals surface area contributed by atoms with Gasteiger partial charge in [-0.05, 0) is 31.4 Å². The molecule has 0 aliphatic carbocycles. The molecule has 2 heteroatoms. The Morgan fingerprint density at radius 2 is 2.00 bits per heavy atom. The first-order valence-corrected chi connectivity index (χ1v) is 3.84. The van der Waals surface area contributed by atoms with Crippen LogP contribution in [0.25, 0.3) is 0 Å². The maximum absolute atomic E-state index is 10.5. The molecule has 0 spiro atoms. The molecule has 0 fully saturated rings. The summed E-state index contributed by atoms with van der Waals surface area (Å²) in [6.45, 7) is 6.08. The van der Waals surface area contributed by atoms with Gasteiger partial charge in [-0.15, -0.1) is 0 Å². The number of hydrogen-bond acceptors (Lipinski definition) is 1. The second-order valence-electron chi connectivity index (χ2n) is 2.74. The number of aldehydes is 1. The predicted molar refractivity (Wildman–Crippen MR) is 45.0 cm³/mol. The molecule has 0 atom stereocenters. The first kappa shape index (κ1) is 8.05. The van der Waals surface area contributed by atoms with Crippen LogP contribution in [0.2, 0.25) is 0 Å². The standard InChI is InChI=1S/C9H13NO/c1-4-8-6(2)7(3)9(5-11)10-8/h5,10H,4H2,1-3H3. The van der Waals surface area contributed by atoms with Crippen LogP contribution < -0.4 is 0 Å². The van der Waals surface area contributed by atoms with E-state index in [1.165, 1.54) is 11.3 Å². The maximum atomic E-state index is 10.5. The highest BCUT2D eigenvalue weighted by Crippen LogP contribution is 2.15. The molecule has 0 amide bonds. The third-order valence-corrected chi connectivity index (χ3v) is 2.18. The fourth-order valence-electron chi connectivity index (χ4n) is 1.25. The molecule has 0 bridgehead atoms. The number of aromatic amines is 1. The van der Waals surface area contributed by atoms with E-state index in [0.29, 0.717) is 0 Å². The molecule has 60 valence electrons. The van der Waals surface area contributed by atoms with Crippen LogP contribution in [-0.4, -0.2) is 11.3 Å². The summed E-state index contributed by atoms with van der Waals surface area (Å²) in [5.74, 6) is 0. The Kier molecular flexibility index (Phi) is 2.13. The van der Waals surface area contributed by atoms with Crippen molar-refractivity contribution in [2.45, 2.75) is 27.2 Å². The molecule has 2 nitrogen and oxygen atoms in total. The van der Waals surface area contributed by atoms with Gasteiger partial charge in [0.15, 0.2) is 6.29 Å². The Labute approximate surface area is 66.6 Å². The van der Waals surface area contributed by atoms with Gasteiger partial charge in [0.1, 0.15) is 0 Å². The summed E-state index contributed by atoms with van der Waals surface area (Å²) in [4.78, 5) is 13.6. The largest absolute Gasteiger partial charge is 0.356 e. The Balaban J connectivity index is 3.22. The summed E-state index contributed by atoms with van der Waals surface area (Å²) in [5.41, 5.74) is 4.19. The van der Waals surface area contributed by atoms with Crippen molar-refractivity contribution in [2.75, 3.05) is 0 Å². The van der Waals surface area contributed by atoms with Crippen LogP contribution >= 0.6 is 0 Å². The lowest BCUT2D eigenvalue weighted by atomic mass is 10.1. The number of carbonyl (C=O) groups is 1. The van der Waals surface area contributed by atoms with Crippen LogP contribution in [-0.2, 0) is 6.42 Å². The van der Waals surface area contributed by atoms with Crippen LogP contribution in [0.15, 0.2) is 0 Å². The zero-order valence-electron chi connectivity index (χ0n) is 7.19. The van der Waals surface area contributed by atoms with Crippen LogP contribution in [0, 0.1) is 13.8 Å². The zero-order valence-corrected chi connectivity index (χ0v) is 7.19. The van der Waals surface area contributed by atoms with Crippen molar-refractivity contribution in [1.29, 1.82) is 0 Å². The fraction of sp³-hybridized carbons (Fsp3) is 0.444. The van der Waals surface area contributed by atoms with Gasteiger partial charge in [0.25, 0.3) is 0 Å². The van der Waals surface area contributed by atoms with E-state index < -0.39 is 0 Å². The summed E-state index contributed by atoms with van der Waals surface area (Å²) in [5, 5.41) is 0. The van der Waals surface area contributed by atoms with Gasteiger partial charge in [-0.25, -0.2) is 0 Å². The molecule has 0 aliphatic heterocycles. The highest BCUT2D eigenvalue weighted by Gasteiger charge is 2.06. The van der Waals surface area contributed by atoms with E-state index in [9.17, 15) is 4.79 Å². The highest BCUT2D eigenvalue weighted by molar-refractivity contribution is 5.75. The average molecular weight is 151 g/mol. The van der Waals surface area contributed by atoms with Crippen molar-refractivity contribution in [3.05, 3.63) is 22.5 Å². The molecule has 0 aliphatic rings. The van der Waals surface area contributed by atoms with Crippen LogP contribution in [0.5, 0.6) is 0 Å². The fourth-order valence-corrected chi connectivity index (χ4v) is 1.25. The lowest BCUT2D eigenvalue weighted by Crippen LogP contribution is -1.83. The maximum Gasteiger partial charge on any atom is 0.166 e. The first-order chi connectivity index (χ1) is 5.20. The minimum Gasteiger partial charge on any atom is -0.356 e. The SMILES string of the molecule is CCc1[nH]c(C=O)c(C)c1C. The minimum absolute atomic E-state index is 0.722. The van der Waals surface area contributed by atoms with E-state index in [0.717, 1.165) is 24.0 Å². The van der Waals surface area contributed by atoms with Gasteiger partial charge in [0, 0.05) is 5.69 Å². The summed E-state index contributed by atoms with van der Waals surface area (Å²) >= 11 is 0. The van der Waals surface area contributed by atoms with E-state index in [2.05, 4.69) is 11.9 Å². The number of aromatic nitrogens is 1. The second-order valence-corrected chi connectivity index (χ2v) is 2.74. The van der Waals surface area contributed by atoms with E-state index in [1.54, 1.807) is 0 Å². The molecule has 0 saturated carbocycles. The van der Waals surface area contributed by atoms with Crippen molar-refractivity contribution in [3.8, 4) is 0 Å². The average Bonchev–Trinajstić information content (AvgIpc) is 2.30. The van der Waals surface area contributed by atoms with Crippen molar-refractivity contribution < 1.29 is 4.79 Å². The molecule has 0 radical (unpaired) electrons. The van der Waals surface area contributed by atoms with E-state index >= 15 is 0 Å². The Morgan fingerprint density at radius 1 is 1.36 bits per heavy atom. The first-order valence-electron chi connectivity index (χ1n) is 3.84. The summed E-state index contributed by atoms with van der Waals surface area (Å²) < 4.78 is 0. The van der Waals surface area contributed by atoms with Crippen LogP contribution in [0.4, 0.5) is 0 Å². The van der Waals surface area contributed by atoms with Gasteiger partial charge in [0.2, 0.25) is 0 Å². The molecule has 1 heterocycles. The molecule has 1 N–H and O–H groups in total. The molecule has 1 rings (SSSR count). The molecule has 1 aromatic heterocycles. The van der Waals surface area contributed by atoms with Crippen molar-refractivity contribution >= 4 is 6.29 Å². The van der Waals surface area contributed by atoms with Crippen molar-refractivity contribution in [3.63, 3.8) is 0 Å². The Hall–Kier alpha value is -1.05. The Morgan fingerprint density at radius 3 is 2.27 bits per heavy atom. The number of nitrogens with one attached hydrogen (secondary N) is 1. The van der Waals surface area contributed by atoms with Crippen molar-refractivity contribution in [2.24, 2.45) is 0 Å². The van der Waals surface area contributed by atoms with Crippen LogP contribution in [0.3, 0.4) is 0 Å². The van der Waals surface area contributed by atoms with Gasteiger partial charge in [0.05, 0.1) is 5.69 Å². The Bertz CT molecular complexity index is 273. The molecule has 0 saturated heterocycles. The third-order valence-electron chi connectivity index (χ3n) is 2.18. The molecule has 11 heavy (non-hydrogen) atoms. The molecular formula is C9H13NO. The minimum atomic E-state index is 0.722. The number of aryl methyl sites for hydroxylation is 1. The molecule has 1 aromatic rings. The smallest absolute Gasteiger partial charge is 0.166 e. The van der Waals surface area contributed by atoms with E-state index in [-0.39, 0.29) is 0 Å². The number of carbonyl (C=O) groups excluding carboxylic acids is 1. The normalized spacial score (nSPS) is 10.1.